The van der Waals surface area contributed by atoms with Crippen LogP contribution < -0.4 is 15.1 Å². The maximum Gasteiger partial charge on any atom is 0.289 e. The number of H-pyrrole nitrogens is 1. The Morgan fingerprint density at radius 1 is 1.15 bits per heavy atom. The number of aromatic nitrogens is 2. The third-order valence-electron chi connectivity index (χ3n) is 4.00. The number of carbonyl (C=O) groups excluding carboxylic acids is 1. The number of rotatable bonds is 6. The third kappa shape index (κ3) is 4.52. The number of amides is 1. The Hall–Kier alpha value is -3.61. The summed E-state index contributed by atoms with van der Waals surface area (Å²) in [5.74, 6) is 0.406. The predicted molar refractivity (Wildman–Crippen MR) is 106 cm³/mol. The first-order valence-corrected chi connectivity index (χ1v) is 8.37. The van der Waals surface area contributed by atoms with E-state index in [2.05, 4.69) is 20.7 Å². The van der Waals surface area contributed by atoms with Gasteiger partial charge in [-0.05, 0) is 48.0 Å². The molecule has 0 atom stereocenters. The van der Waals surface area contributed by atoms with Crippen molar-refractivity contribution in [2.75, 3.05) is 26.1 Å². The first-order chi connectivity index (χ1) is 13.1. The number of methoxy groups -OCH3 is 1. The van der Waals surface area contributed by atoms with Gasteiger partial charge in [-0.1, -0.05) is 12.1 Å². The van der Waals surface area contributed by atoms with E-state index in [0.29, 0.717) is 11.4 Å². The summed E-state index contributed by atoms with van der Waals surface area (Å²) in [4.78, 5) is 14.2. The summed E-state index contributed by atoms with van der Waals surface area (Å²) in [6, 6.07) is 17.0. The van der Waals surface area contributed by atoms with Crippen molar-refractivity contribution in [2.45, 2.75) is 0 Å². The number of aromatic amines is 1. The highest BCUT2D eigenvalue weighted by Gasteiger charge is 2.10. The quantitative estimate of drug-likeness (QED) is 0.521. The molecule has 3 rings (SSSR count). The lowest BCUT2D eigenvalue weighted by molar-refractivity contribution is 0.0950. The SMILES string of the molecule is COc1ccc(-c2cc(C(=O)N/N=C/c3ccc(N(C)C)cc3)[nH]n2)cc1. The molecule has 27 heavy (non-hydrogen) atoms. The van der Waals surface area contributed by atoms with E-state index < -0.39 is 0 Å². The molecular weight excluding hydrogens is 342 g/mol. The van der Waals surface area contributed by atoms with Crippen molar-refractivity contribution in [1.29, 1.82) is 0 Å². The fourth-order valence-electron chi connectivity index (χ4n) is 2.43. The molecule has 0 fully saturated rings. The van der Waals surface area contributed by atoms with Crippen LogP contribution in [0.2, 0.25) is 0 Å². The number of benzene rings is 2. The maximum absolute atomic E-state index is 12.2. The average molecular weight is 363 g/mol. The fraction of sp³-hybridized carbons (Fsp3) is 0.150. The fourth-order valence-corrected chi connectivity index (χ4v) is 2.43. The molecule has 7 nitrogen and oxygen atoms in total. The van der Waals surface area contributed by atoms with E-state index >= 15 is 0 Å². The van der Waals surface area contributed by atoms with Crippen molar-refractivity contribution in [3.63, 3.8) is 0 Å². The first-order valence-electron chi connectivity index (χ1n) is 8.37. The number of anilines is 1. The zero-order valence-electron chi connectivity index (χ0n) is 15.4. The number of hydrogen-bond donors (Lipinski definition) is 2. The highest BCUT2D eigenvalue weighted by molar-refractivity contribution is 5.94. The van der Waals surface area contributed by atoms with Crippen molar-refractivity contribution < 1.29 is 9.53 Å². The number of ether oxygens (including phenoxy) is 1. The molecule has 3 aromatic rings. The third-order valence-corrected chi connectivity index (χ3v) is 4.00. The number of nitrogens with one attached hydrogen (secondary N) is 2. The van der Waals surface area contributed by atoms with Crippen LogP contribution in [0.15, 0.2) is 59.7 Å². The van der Waals surface area contributed by atoms with Gasteiger partial charge in [0, 0.05) is 25.3 Å². The lowest BCUT2D eigenvalue weighted by atomic mass is 10.1. The van der Waals surface area contributed by atoms with Crippen LogP contribution in [0.5, 0.6) is 5.75 Å². The second-order valence-corrected chi connectivity index (χ2v) is 6.08. The van der Waals surface area contributed by atoms with Gasteiger partial charge in [-0.3, -0.25) is 9.89 Å². The molecule has 0 saturated heterocycles. The van der Waals surface area contributed by atoms with Gasteiger partial charge < -0.3 is 9.64 Å². The van der Waals surface area contributed by atoms with Gasteiger partial charge in [-0.15, -0.1) is 0 Å². The van der Waals surface area contributed by atoms with Crippen LogP contribution in [-0.2, 0) is 0 Å². The second kappa shape index (κ2) is 8.18. The summed E-state index contributed by atoms with van der Waals surface area (Å²) in [6.07, 6.45) is 1.60. The molecule has 0 radical (unpaired) electrons. The molecule has 0 saturated carbocycles. The Kier molecular flexibility index (Phi) is 5.51. The van der Waals surface area contributed by atoms with Gasteiger partial charge in [0.25, 0.3) is 5.91 Å². The van der Waals surface area contributed by atoms with Gasteiger partial charge in [-0.2, -0.15) is 10.2 Å². The molecular formula is C20H21N5O2. The van der Waals surface area contributed by atoms with E-state index in [4.69, 9.17) is 4.74 Å². The van der Waals surface area contributed by atoms with Gasteiger partial charge in [-0.25, -0.2) is 5.43 Å². The molecule has 138 valence electrons. The van der Waals surface area contributed by atoms with Crippen LogP contribution in [0, 0.1) is 0 Å². The summed E-state index contributed by atoms with van der Waals surface area (Å²) in [7, 11) is 5.57. The van der Waals surface area contributed by atoms with Gasteiger partial charge in [0.2, 0.25) is 0 Å². The molecule has 2 N–H and O–H groups in total. The van der Waals surface area contributed by atoms with Gasteiger partial charge in [0.05, 0.1) is 19.0 Å². The van der Waals surface area contributed by atoms with Crippen molar-refractivity contribution >= 4 is 17.8 Å². The topological polar surface area (TPSA) is 82.6 Å². The van der Waals surface area contributed by atoms with Gasteiger partial charge in [0.1, 0.15) is 11.4 Å². The van der Waals surface area contributed by atoms with Gasteiger partial charge >= 0.3 is 0 Å². The van der Waals surface area contributed by atoms with Crippen LogP contribution in [0.3, 0.4) is 0 Å². The summed E-state index contributed by atoms with van der Waals surface area (Å²) in [5, 5.41) is 10.9. The Morgan fingerprint density at radius 2 is 1.85 bits per heavy atom. The molecule has 7 heteroatoms. The largest absolute Gasteiger partial charge is 0.497 e. The average Bonchev–Trinajstić information content (AvgIpc) is 3.19. The van der Waals surface area contributed by atoms with Crippen molar-refractivity contribution in [3.8, 4) is 17.0 Å². The molecule has 1 aromatic heterocycles. The summed E-state index contributed by atoms with van der Waals surface area (Å²) >= 11 is 0. The maximum atomic E-state index is 12.2. The molecule has 1 heterocycles. The Labute approximate surface area is 157 Å². The molecule has 1 amide bonds. The molecule has 0 bridgehead atoms. The van der Waals surface area contributed by atoms with E-state index in [-0.39, 0.29) is 5.91 Å². The van der Waals surface area contributed by atoms with E-state index in [1.165, 1.54) is 0 Å². The number of hydrogen-bond acceptors (Lipinski definition) is 5. The molecule has 2 aromatic carbocycles. The zero-order chi connectivity index (χ0) is 19.2. The summed E-state index contributed by atoms with van der Waals surface area (Å²) in [6.45, 7) is 0. The highest BCUT2D eigenvalue weighted by Crippen LogP contribution is 2.21. The van der Waals surface area contributed by atoms with Crippen molar-refractivity contribution in [2.24, 2.45) is 5.10 Å². The van der Waals surface area contributed by atoms with Crippen LogP contribution in [0.1, 0.15) is 16.1 Å². The minimum absolute atomic E-state index is 0.334. The number of carbonyl (C=O) groups is 1. The Morgan fingerprint density at radius 3 is 2.48 bits per heavy atom. The Balaban J connectivity index is 1.62. The molecule has 0 aliphatic rings. The van der Waals surface area contributed by atoms with E-state index in [9.17, 15) is 4.79 Å². The normalized spacial score (nSPS) is 10.8. The van der Waals surface area contributed by atoms with Gasteiger partial charge in [0.15, 0.2) is 0 Å². The molecule has 0 aliphatic carbocycles. The van der Waals surface area contributed by atoms with Crippen molar-refractivity contribution in [3.05, 3.63) is 65.9 Å². The molecule has 0 aliphatic heterocycles. The predicted octanol–water partition coefficient (Wildman–Crippen LogP) is 2.92. The monoisotopic (exact) mass is 363 g/mol. The molecule has 0 unspecified atom stereocenters. The number of nitrogens with zero attached hydrogens (tertiary/aromatic N) is 3. The minimum Gasteiger partial charge on any atom is -0.497 e. The van der Waals surface area contributed by atoms with Crippen LogP contribution in [-0.4, -0.2) is 43.5 Å². The smallest absolute Gasteiger partial charge is 0.289 e. The lowest BCUT2D eigenvalue weighted by Crippen LogP contribution is -2.18. The second-order valence-electron chi connectivity index (χ2n) is 6.08. The van der Waals surface area contributed by atoms with E-state index in [0.717, 1.165) is 22.6 Å². The number of hydrazone groups is 1. The highest BCUT2D eigenvalue weighted by atomic mass is 16.5. The van der Waals surface area contributed by atoms with Crippen molar-refractivity contribution in [1.82, 2.24) is 15.6 Å². The standard InChI is InChI=1S/C20H21N5O2/c1-25(2)16-8-4-14(5-9-16)13-21-24-20(26)19-12-18(22-23-19)15-6-10-17(27-3)11-7-15/h4-13H,1-3H3,(H,22,23)(H,24,26)/b21-13+. The lowest BCUT2D eigenvalue weighted by Gasteiger charge is -2.11. The van der Waals surface area contributed by atoms with Crippen LogP contribution in [0.25, 0.3) is 11.3 Å². The van der Waals surface area contributed by atoms with Crippen LogP contribution >= 0.6 is 0 Å². The summed E-state index contributed by atoms with van der Waals surface area (Å²) < 4.78 is 5.14. The van der Waals surface area contributed by atoms with E-state index in [1.54, 1.807) is 19.4 Å². The Bertz CT molecular complexity index is 928. The zero-order valence-corrected chi connectivity index (χ0v) is 15.4. The summed E-state index contributed by atoms with van der Waals surface area (Å²) in [5.41, 5.74) is 6.38. The van der Waals surface area contributed by atoms with Crippen LogP contribution in [0.4, 0.5) is 5.69 Å². The van der Waals surface area contributed by atoms with E-state index in [1.807, 2.05) is 67.5 Å². The molecule has 0 spiro atoms. The minimum atomic E-state index is -0.358. The first kappa shape index (κ1) is 18.2.